The fraction of sp³-hybridized carbons (Fsp3) is 0. The Kier molecular flexibility index (Phi) is 4.08. The average molecular weight is 430 g/mol. The SMILES string of the molecule is Oc1ccc(-c2cc(Br)c(-c3ccc(O)cc3F)[se]2)c(F)c1. The molecule has 2 aromatic carbocycles. The number of halogens is 3. The molecule has 0 unspecified atom stereocenters. The van der Waals surface area contributed by atoms with Crippen molar-refractivity contribution in [3.8, 4) is 31.5 Å². The van der Waals surface area contributed by atoms with Crippen LogP contribution in [0.4, 0.5) is 8.78 Å². The molecule has 0 bridgehead atoms. The average Bonchev–Trinajstić information content (AvgIpc) is 2.80. The Hall–Kier alpha value is -1.62. The van der Waals surface area contributed by atoms with Gasteiger partial charge >= 0.3 is 139 Å². The fourth-order valence-electron chi connectivity index (χ4n) is 2.08. The number of rotatable bonds is 2. The van der Waals surface area contributed by atoms with Gasteiger partial charge in [-0.2, -0.15) is 0 Å². The van der Waals surface area contributed by atoms with Crippen molar-refractivity contribution in [3.63, 3.8) is 0 Å². The summed E-state index contributed by atoms with van der Waals surface area (Å²) in [5.41, 5.74) is 0.777. The molecule has 1 aromatic heterocycles. The van der Waals surface area contributed by atoms with Crippen molar-refractivity contribution < 1.29 is 19.0 Å². The zero-order valence-corrected chi connectivity index (χ0v) is 14.3. The molecule has 22 heavy (non-hydrogen) atoms. The first-order valence-corrected chi connectivity index (χ1v) is 8.73. The van der Waals surface area contributed by atoms with Gasteiger partial charge in [0, 0.05) is 0 Å². The molecule has 1 heterocycles. The van der Waals surface area contributed by atoms with Crippen LogP contribution < -0.4 is 0 Å². The molecule has 3 aromatic rings. The summed E-state index contributed by atoms with van der Waals surface area (Å²) in [4.78, 5) is 0. The van der Waals surface area contributed by atoms with Crippen molar-refractivity contribution in [2.45, 2.75) is 0 Å². The second-order valence-electron chi connectivity index (χ2n) is 4.62. The number of phenolic OH excluding ortho intramolecular Hbond substituents is 2. The van der Waals surface area contributed by atoms with Crippen LogP contribution in [0, 0.1) is 11.6 Å². The molecule has 112 valence electrons. The predicted octanol–water partition coefficient (Wildman–Crippen LogP) is 4.53. The van der Waals surface area contributed by atoms with Crippen LogP contribution in [-0.2, 0) is 0 Å². The molecule has 0 atom stereocenters. The van der Waals surface area contributed by atoms with E-state index in [9.17, 15) is 19.0 Å². The third-order valence-electron chi connectivity index (χ3n) is 3.10. The van der Waals surface area contributed by atoms with Crippen molar-refractivity contribution in [2.24, 2.45) is 0 Å². The van der Waals surface area contributed by atoms with Crippen LogP contribution in [0.3, 0.4) is 0 Å². The van der Waals surface area contributed by atoms with Gasteiger partial charge in [-0.3, -0.25) is 0 Å². The molecular weight excluding hydrogens is 421 g/mol. The van der Waals surface area contributed by atoms with Crippen LogP contribution in [0.1, 0.15) is 0 Å². The molecule has 3 rings (SSSR count). The number of phenols is 2. The summed E-state index contributed by atoms with van der Waals surface area (Å²) < 4.78 is 30.1. The zero-order chi connectivity index (χ0) is 15.9. The maximum atomic E-state index is 14.0. The van der Waals surface area contributed by atoms with Crippen LogP contribution >= 0.6 is 15.9 Å². The van der Waals surface area contributed by atoms with Crippen molar-refractivity contribution in [3.05, 3.63) is 58.6 Å². The van der Waals surface area contributed by atoms with E-state index in [1.807, 2.05) is 0 Å². The molecule has 0 fully saturated rings. The summed E-state index contributed by atoms with van der Waals surface area (Å²) >= 11 is 3.09. The minimum absolute atomic E-state index is 0.135. The van der Waals surface area contributed by atoms with E-state index in [1.165, 1.54) is 24.3 Å². The molecule has 0 amide bonds. The van der Waals surface area contributed by atoms with Gasteiger partial charge in [0.05, 0.1) is 0 Å². The summed E-state index contributed by atoms with van der Waals surface area (Å²) in [7, 11) is 0. The Morgan fingerprint density at radius 3 is 1.91 bits per heavy atom. The van der Waals surface area contributed by atoms with Gasteiger partial charge in [0.1, 0.15) is 0 Å². The normalized spacial score (nSPS) is 10.9. The van der Waals surface area contributed by atoms with Gasteiger partial charge in [-0.25, -0.2) is 0 Å². The molecule has 0 radical (unpaired) electrons. The maximum absolute atomic E-state index is 14.0. The fourth-order valence-corrected chi connectivity index (χ4v) is 5.60. The third kappa shape index (κ3) is 2.82. The van der Waals surface area contributed by atoms with Crippen LogP contribution in [0.5, 0.6) is 11.5 Å². The number of aromatic hydroxyl groups is 2. The molecule has 2 nitrogen and oxygen atoms in total. The number of hydrogen-bond acceptors (Lipinski definition) is 2. The molecule has 0 saturated heterocycles. The van der Waals surface area contributed by atoms with Crippen molar-refractivity contribution in [1.82, 2.24) is 0 Å². The van der Waals surface area contributed by atoms with Crippen LogP contribution in [-0.4, -0.2) is 24.7 Å². The minimum atomic E-state index is -0.519. The van der Waals surface area contributed by atoms with Gasteiger partial charge in [-0.15, -0.1) is 0 Å². The molecule has 0 aliphatic carbocycles. The number of benzene rings is 2. The second-order valence-corrected chi connectivity index (χ2v) is 7.68. The van der Waals surface area contributed by atoms with Gasteiger partial charge in [0.2, 0.25) is 0 Å². The van der Waals surface area contributed by atoms with Gasteiger partial charge in [0.15, 0.2) is 0 Å². The third-order valence-corrected chi connectivity index (χ3v) is 6.84. The van der Waals surface area contributed by atoms with E-state index in [1.54, 1.807) is 6.07 Å². The summed E-state index contributed by atoms with van der Waals surface area (Å²) in [6.07, 6.45) is 0. The summed E-state index contributed by atoms with van der Waals surface area (Å²) in [6.45, 7) is 0. The second kappa shape index (κ2) is 5.88. The van der Waals surface area contributed by atoms with E-state index in [4.69, 9.17) is 0 Å². The van der Waals surface area contributed by atoms with Crippen molar-refractivity contribution in [1.29, 1.82) is 0 Å². The standard InChI is InChI=1S/C16H9BrF2O2Se/c17-12-7-15(10-3-1-8(20)5-13(10)18)22-16(12)11-4-2-9(21)6-14(11)19/h1-7,20-21H. The summed E-state index contributed by atoms with van der Waals surface area (Å²) in [6, 6.07) is 9.72. The molecular formula is C16H9BrF2O2Se. The van der Waals surface area contributed by atoms with E-state index in [2.05, 4.69) is 15.9 Å². The van der Waals surface area contributed by atoms with E-state index in [0.29, 0.717) is 15.6 Å². The van der Waals surface area contributed by atoms with Gasteiger partial charge < -0.3 is 0 Å². The summed E-state index contributed by atoms with van der Waals surface area (Å²) in [5, 5.41) is 18.6. The Balaban J connectivity index is 2.11. The Morgan fingerprint density at radius 2 is 1.36 bits per heavy atom. The topological polar surface area (TPSA) is 40.5 Å². The van der Waals surface area contributed by atoms with Gasteiger partial charge in [-0.1, -0.05) is 0 Å². The van der Waals surface area contributed by atoms with Crippen molar-refractivity contribution >= 4 is 30.4 Å². The Labute approximate surface area is 139 Å². The molecule has 0 spiro atoms. The van der Waals surface area contributed by atoms with Crippen LogP contribution in [0.15, 0.2) is 46.9 Å². The van der Waals surface area contributed by atoms with E-state index in [0.717, 1.165) is 21.0 Å². The number of hydrogen-bond donors (Lipinski definition) is 2. The van der Waals surface area contributed by atoms with Crippen LogP contribution in [0.2, 0.25) is 0 Å². The van der Waals surface area contributed by atoms with E-state index >= 15 is 0 Å². The molecule has 0 aliphatic rings. The first-order valence-electron chi connectivity index (χ1n) is 6.23. The molecule has 0 aliphatic heterocycles. The molecule has 0 saturated carbocycles. The van der Waals surface area contributed by atoms with Gasteiger partial charge in [-0.05, 0) is 0 Å². The zero-order valence-electron chi connectivity index (χ0n) is 11.0. The van der Waals surface area contributed by atoms with Gasteiger partial charge in [0.25, 0.3) is 0 Å². The first-order chi connectivity index (χ1) is 10.5. The molecule has 6 heteroatoms. The molecule has 2 N–H and O–H groups in total. The Morgan fingerprint density at radius 1 is 0.818 bits per heavy atom. The summed E-state index contributed by atoms with van der Waals surface area (Å²) in [5.74, 6) is -1.30. The first kappa shape index (κ1) is 15.3. The quantitative estimate of drug-likeness (QED) is 0.587. The van der Waals surface area contributed by atoms with Crippen LogP contribution in [0.25, 0.3) is 20.0 Å². The van der Waals surface area contributed by atoms with E-state index in [-0.39, 0.29) is 26.0 Å². The van der Waals surface area contributed by atoms with E-state index < -0.39 is 11.6 Å². The van der Waals surface area contributed by atoms with Crippen molar-refractivity contribution in [2.75, 3.05) is 0 Å². The predicted molar refractivity (Wildman–Crippen MR) is 85.2 cm³/mol. The monoisotopic (exact) mass is 430 g/mol. The Bertz CT molecular complexity index is 861.